The Kier molecular flexibility index (Phi) is 6.24. The van der Waals surface area contributed by atoms with Crippen molar-refractivity contribution in [2.75, 3.05) is 27.4 Å². The van der Waals surface area contributed by atoms with Crippen molar-refractivity contribution in [3.05, 3.63) is 12.7 Å². The van der Waals surface area contributed by atoms with Gasteiger partial charge in [0.15, 0.2) is 16.3 Å². The van der Waals surface area contributed by atoms with E-state index >= 15 is 0 Å². The van der Waals surface area contributed by atoms with Gasteiger partial charge in [-0.25, -0.2) is 0 Å². The molecule has 8 nitrogen and oxygen atoms in total. The van der Waals surface area contributed by atoms with Gasteiger partial charge in [-0.15, -0.1) is 29.8 Å². The summed E-state index contributed by atoms with van der Waals surface area (Å²) in [5.74, 6) is -5.95. The maximum Gasteiger partial charge on any atom is 0.302 e. The zero-order valence-corrected chi connectivity index (χ0v) is 17.6. The number of hydrogen-bond donors (Lipinski definition) is 1. The van der Waals surface area contributed by atoms with E-state index in [1.165, 1.54) is 34.1 Å². The normalized spacial score (nSPS) is 38.3. The van der Waals surface area contributed by atoms with Gasteiger partial charge in [0.05, 0.1) is 13.2 Å². The number of carbonyl (C=O) groups is 3. The van der Waals surface area contributed by atoms with Gasteiger partial charge in [-0.1, -0.05) is 6.08 Å². The maximum absolute atomic E-state index is 13.4. The van der Waals surface area contributed by atoms with Crippen LogP contribution in [0.1, 0.15) is 20.3 Å². The van der Waals surface area contributed by atoms with E-state index in [1.807, 2.05) is 0 Å². The molecule has 0 aliphatic heterocycles. The minimum Gasteiger partial charge on any atom is -0.465 e. The third kappa shape index (κ3) is 2.58. The molecule has 2 fully saturated rings. The highest BCUT2D eigenvalue weighted by Crippen LogP contribution is 2.72. The van der Waals surface area contributed by atoms with Crippen molar-refractivity contribution in [2.45, 2.75) is 41.4 Å². The van der Waals surface area contributed by atoms with Crippen LogP contribution in [-0.2, 0) is 33.3 Å². The molecule has 28 heavy (non-hydrogen) atoms. The molecule has 10 heteroatoms. The van der Waals surface area contributed by atoms with Crippen LogP contribution in [0.3, 0.4) is 0 Å². The molecule has 0 aromatic rings. The van der Waals surface area contributed by atoms with Crippen molar-refractivity contribution in [1.29, 1.82) is 0 Å². The number of hydrogen-bond acceptors (Lipinski definition) is 8. The first kappa shape index (κ1) is 23.1. The van der Waals surface area contributed by atoms with E-state index in [4.69, 9.17) is 42.1 Å². The van der Waals surface area contributed by atoms with Gasteiger partial charge < -0.3 is 24.1 Å². The second-order valence-corrected chi connectivity index (χ2v) is 8.14. The summed E-state index contributed by atoms with van der Waals surface area (Å²) in [5.41, 5.74) is -2.22. The Labute approximate surface area is 173 Å². The number of aliphatic hydroxyl groups is 1. The molecule has 158 valence electrons. The molecule has 5 atom stereocenters. The van der Waals surface area contributed by atoms with Crippen molar-refractivity contribution in [3.8, 4) is 0 Å². The van der Waals surface area contributed by atoms with Crippen molar-refractivity contribution in [1.82, 2.24) is 0 Å². The van der Waals surface area contributed by atoms with E-state index < -0.39 is 50.7 Å². The van der Waals surface area contributed by atoms with Crippen LogP contribution in [0.25, 0.3) is 0 Å². The molecule has 0 spiro atoms. The molecule has 2 aliphatic carbocycles. The molecule has 2 aliphatic rings. The molecule has 0 amide bonds. The Morgan fingerprint density at radius 2 is 1.57 bits per heavy atom. The summed E-state index contributed by atoms with van der Waals surface area (Å²) < 4.78 is 21.3. The van der Waals surface area contributed by atoms with Crippen LogP contribution >= 0.6 is 23.2 Å². The van der Waals surface area contributed by atoms with Crippen molar-refractivity contribution in [2.24, 2.45) is 11.8 Å². The Bertz CT molecular complexity index is 693. The second kappa shape index (κ2) is 7.57. The lowest BCUT2D eigenvalue weighted by atomic mass is 9.69. The number of rotatable bonds is 8. The molecule has 2 rings (SSSR count). The van der Waals surface area contributed by atoms with Crippen LogP contribution in [0.2, 0.25) is 0 Å². The van der Waals surface area contributed by atoms with Crippen LogP contribution in [-0.4, -0.2) is 71.4 Å². The van der Waals surface area contributed by atoms with Crippen LogP contribution in [0.15, 0.2) is 12.7 Å². The standard InChI is InChI=1S/C18H24Cl2O8/c1-6-7-15(24)14(23)16(19)12(8-27-10(2)21)13(9-28-11(3)22)17(15,20)18(16,25-4)26-5/h6,12-13,24H,1,7-9H2,2-5H3/t12-,13+,15-,16-,17+/m1/s1. The Balaban J connectivity index is 2.73. The Hall–Kier alpha value is -1.19. The lowest BCUT2D eigenvalue weighted by molar-refractivity contribution is -0.236. The number of fused-ring (bicyclic) bond motifs is 2. The molecule has 0 unspecified atom stereocenters. The number of methoxy groups -OCH3 is 2. The fourth-order valence-electron chi connectivity index (χ4n) is 4.67. The summed E-state index contributed by atoms with van der Waals surface area (Å²) in [6.45, 7) is 5.34. The number of ketones is 1. The number of halogens is 2. The molecule has 2 saturated carbocycles. The monoisotopic (exact) mass is 438 g/mol. The van der Waals surface area contributed by atoms with Gasteiger partial charge >= 0.3 is 11.9 Å². The minimum atomic E-state index is -2.22. The number of ether oxygens (including phenoxy) is 4. The highest BCUT2D eigenvalue weighted by atomic mass is 35.5. The maximum atomic E-state index is 13.4. The van der Waals surface area contributed by atoms with Crippen molar-refractivity contribution >= 4 is 40.9 Å². The highest BCUT2D eigenvalue weighted by Gasteiger charge is 2.93. The Morgan fingerprint density at radius 1 is 1.11 bits per heavy atom. The van der Waals surface area contributed by atoms with Crippen LogP contribution in [0.5, 0.6) is 0 Å². The van der Waals surface area contributed by atoms with Crippen molar-refractivity contribution in [3.63, 3.8) is 0 Å². The zero-order valence-electron chi connectivity index (χ0n) is 16.1. The lowest BCUT2D eigenvalue weighted by Crippen LogP contribution is -2.64. The summed E-state index contributed by atoms with van der Waals surface area (Å²) in [6.07, 6.45) is 1.08. The topological polar surface area (TPSA) is 108 Å². The predicted octanol–water partition coefficient (Wildman–Crippen LogP) is 1.19. The van der Waals surface area contributed by atoms with Crippen LogP contribution in [0, 0.1) is 11.8 Å². The fourth-order valence-corrected chi connectivity index (χ4v) is 6.08. The molecule has 0 heterocycles. The minimum absolute atomic E-state index is 0.241. The number of Topliss-reactive ketones (excluding diaryl/α,β-unsaturated/α-hetero) is 1. The number of esters is 2. The molecule has 0 aromatic carbocycles. The molecule has 1 N–H and O–H groups in total. The van der Waals surface area contributed by atoms with E-state index in [0.717, 1.165) is 0 Å². The van der Waals surface area contributed by atoms with Gasteiger partial charge in [-0.2, -0.15) is 0 Å². The molecular weight excluding hydrogens is 415 g/mol. The smallest absolute Gasteiger partial charge is 0.302 e. The summed E-state index contributed by atoms with van der Waals surface area (Å²) in [7, 11) is 2.48. The van der Waals surface area contributed by atoms with E-state index in [-0.39, 0.29) is 19.6 Å². The lowest BCUT2D eigenvalue weighted by Gasteiger charge is -2.46. The van der Waals surface area contributed by atoms with Crippen LogP contribution < -0.4 is 0 Å². The van der Waals surface area contributed by atoms with E-state index in [0.29, 0.717) is 0 Å². The van der Waals surface area contributed by atoms with E-state index in [2.05, 4.69) is 6.58 Å². The van der Waals surface area contributed by atoms with Crippen LogP contribution in [0.4, 0.5) is 0 Å². The summed E-state index contributed by atoms with van der Waals surface area (Å²) in [5, 5.41) is 11.4. The van der Waals surface area contributed by atoms with Gasteiger partial charge in [0, 0.05) is 46.3 Å². The molecule has 0 saturated heterocycles. The predicted molar refractivity (Wildman–Crippen MR) is 98.9 cm³/mol. The first-order chi connectivity index (χ1) is 12.9. The number of alkyl halides is 2. The van der Waals surface area contributed by atoms with E-state index in [9.17, 15) is 19.5 Å². The quantitative estimate of drug-likeness (QED) is 0.260. The van der Waals surface area contributed by atoms with Gasteiger partial charge in [0.2, 0.25) is 5.79 Å². The molecule has 0 aromatic heterocycles. The average molecular weight is 439 g/mol. The van der Waals surface area contributed by atoms with Gasteiger partial charge in [0.1, 0.15) is 4.87 Å². The third-order valence-electron chi connectivity index (χ3n) is 5.72. The SMILES string of the molecule is C=CC[C@@]1(O)C(=O)[C@]2(Cl)[C@H](COC(C)=O)[C@H](COC(C)=O)[C@@]1(Cl)C2(OC)OC. The average Bonchev–Trinajstić information content (AvgIpc) is 2.85. The zero-order chi connectivity index (χ0) is 21.5. The summed E-state index contributed by atoms with van der Waals surface area (Å²) >= 11 is 13.8. The summed E-state index contributed by atoms with van der Waals surface area (Å²) in [6, 6.07) is 0. The fraction of sp³-hybridized carbons (Fsp3) is 0.722. The second-order valence-electron chi connectivity index (χ2n) is 6.95. The van der Waals surface area contributed by atoms with Gasteiger partial charge in [-0.05, 0) is 0 Å². The molecule has 0 radical (unpaired) electrons. The first-order valence-corrected chi connectivity index (χ1v) is 9.33. The number of carbonyl (C=O) groups excluding carboxylic acids is 3. The van der Waals surface area contributed by atoms with E-state index in [1.54, 1.807) is 0 Å². The molecular formula is C18H24Cl2O8. The van der Waals surface area contributed by atoms with Crippen molar-refractivity contribution < 1.29 is 38.4 Å². The largest absolute Gasteiger partial charge is 0.465 e. The Morgan fingerprint density at radius 3 is 1.96 bits per heavy atom. The molecule has 2 bridgehead atoms. The first-order valence-electron chi connectivity index (χ1n) is 8.57. The summed E-state index contributed by atoms with van der Waals surface area (Å²) in [4.78, 5) is 32.2. The van der Waals surface area contributed by atoms with Gasteiger partial charge in [0.25, 0.3) is 0 Å². The third-order valence-corrected chi connectivity index (χ3v) is 7.26. The van der Waals surface area contributed by atoms with Gasteiger partial charge in [-0.3, -0.25) is 14.4 Å². The highest BCUT2D eigenvalue weighted by molar-refractivity contribution is 6.44.